The largest absolute Gasteiger partial charge is 0.378 e. The maximum Gasteiger partial charge on any atom is 0.0576 e. The van der Waals surface area contributed by atoms with Gasteiger partial charge in [-0.3, -0.25) is 0 Å². The van der Waals surface area contributed by atoms with Crippen LogP contribution in [0.25, 0.3) is 0 Å². The first-order valence-corrected chi connectivity index (χ1v) is 8.41. The second kappa shape index (κ2) is 8.39. The monoisotopic (exact) mass is 258 g/mol. The molecule has 0 bridgehead atoms. The molecular formula is C14H26O2S. The Bertz CT molecular complexity index is 167. The van der Waals surface area contributed by atoms with Gasteiger partial charge in [0, 0.05) is 13.2 Å². The van der Waals surface area contributed by atoms with Gasteiger partial charge in [-0.2, -0.15) is 11.8 Å². The Morgan fingerprint density at radius 3 is 1.76 bits per heavy atom. The van der Waals surface area contributed by atoms with Crippen molar-refractivity contribution < 1.29 is 9.47 Å². The molecule has 0 spiro atoms. The fourth-order valence-corrected chi connectivity index (χ4v) is 3.62. The van der Waals surface area contributed by atoms with Crippen LogP contribution in [0.1, 0.15) is 51.4 Å². The third-order valence-corrected chi connectivity index (χ3v) is 4.83. The molecule has 0 N–H and O–H groups in total. The molecule has 0 aromatic rings. The Labute approximate surface area is 110 Å². The van der Waals surface area contributed by atoms with E-state index < -0.39 is 0 Å². The average Bonchev–Trinajstić information content (AvgIpc) is 3.00. The van der Waals surface area contributed by atoms with Gasteiger partial charge in [-0.25, -0.2) is 0 Å². The maximum atomic E-state index is 5.62. The molecule has 3 heteroatoms. The number of rotatable bonds is 8. The number of thioether (sulfide) groups is 1. The summed E-state index contributed by atoms with van der Waals surface area (Å²) in [7, 11) is 0. The minimum atomic E-state index is 0.586. The predicted molar refractivity (Wildman–Crippen MR) is 73.7 cm³/mol. The highest BCUT2D eigenvalue weighted by Gasteiger charge is 2.15. The van der Waals surface area contributed by atoms with E-state index >= 15 is 0 Å². The van der Waals surface area contributed by atoms with Crippen molar-refractivity contribution in [2.75, 3.05) is 24.7 Å². The molecule has 17 heavy (non-hydrogen) atoms. The van der Waals surface area contributed by atoms with E-state index in [2.05, 4.69) is 11.8 Å². The number of hydrogen-bond acceptors (Lipinski definition) is 3. The van der Waals surface area contributed by atoms with Crippen LogP contribution in [0.15, 0.2) is 0 Å². The van der Waals surface area contributed by atoms with E-state index in [0.717, 1.165) is 13.2 Å². The molecule has 0 aromatic heterocycles. The van der Waals surface area contributed by atoms with Crippen molar-refractivity contribution in [3.63, 3.8) is 0 Å². The molecule has 2 saturated heterocycles. The zero-order valence-electron chi connectivity index (χ0n) is 10.9. The molecule has 100 valence electrons. The molecule has 2 rings (SSSR count). The van der Waals surface area contributed by atoms with Crippen LogP contribution >= 0.6 is 11.8 Å². The lowest BCUT2D eigenvalue weighted by Crippen LogP contribution is -2.05. The van der Waals surface area contributed by atoms with Crippen molar-refractivity contribution in [1.29, 1.82) is 0 Å². The molecule has 0 radical (unpaired) electrons. The molecule has 0 aromatic carbocycles. The first kappa shape index (κ1) is 13.7. The van der Waals surface area contributed by atoms with E-state index in [1.807, 2.05) is 0 Å². The van der Waals surface area contributed by atoms with Crippen molar-refractivity contribution in [3.8, 4) is 0 Å². The van der Waals surface area contributed by atoms with Gasteiger partial charge < -0.3 is 9.47 Å². The summed E-state index contributed by atoms with van der Waals surface area (Å²) in [6.07, 6.45) is 11.5. The van der Waals surface area contributed by atoms with Crippen molar-refractivity contribution in [3.05, 3.63) is 0 Å². The van der Waals surface area contributed by atoms with Gasteiger partial charge in [-0.1, -0.05) is 0 Å². The highest BCUT2D eigenvalue weighted by Crippen LogP contribution is 2.20. The molecule has 0 saturated carbocycles. The highest BCUT2D eigenvalue weighted by molar-refractivity contribution is 7.99. The van der Waals surface area contributed by atoms with Gasteiger partial charge in [0.2, 0.25) is 0 Å². The zero-order valence-corrected chi connectivity index (χ0v) is 11.7. The Balaban J connectivity index is 1.33. The van der Waals surface area contributed by atoms with E-state index in [9.17, 15) is 0 Å². The molecule has 2 aliphatic rings. The van der Waals surface area contributed by atoms with Gasteiger partial charge >= 0.3 is 0 Å². The van der Waals surface area contributed by atoms with E-state index in [1.165, 1.54) is 62.9 Å². The van der Waals surface area contributed by atoms with Crippen LogP contribution in [-0.2, 0) is 9.47 Å². The van der Waals surface area contributed by atoms with Crippen molar-refractivity contribution in [1.82, 2.24) is 0 Å². The third-order valence-electron chi connectivity index (χ3n) is 3.68. The Kier molecular flexibility index (Phi) is 6.76. The Morgan fingerprint density at radius 1 is 0.824 bits per heavy atom. The molecule has 2 fully saturated rings. The summed E-state index contributed by atoms with van der Waals surface area (Å²) in [6.45, 7) is 2.00. The molecular weight excluding hydrogens is 232 g/mol. The van der Waals surface area contributed by atoms with Gasteiger partial charge in [0.15, 0.2) is 0 Å². The number of ether oxygens (including phenoxy) is 2. The van der Waals surface area contributed by atoms with Gasteiger partial charge in [-0.05, 0) is 62.9 Å². The minimum absolute atomic E-state index is 0.586. The van der Waals surface area contributed by atoms with Crippen LogP contribution < -0.4 is 0 Å². The minimum Gasteiger partial charge on any atom is -0.378 e. The van der Waals surface area contributed by atoms with Crippen LogP contribution in [0.2, 0.25) is 0 Å². The molecule has 2 heterocycles. The van der Waals surface area contributed by atoms with Gasteiger partial charge in [-0.15, -0.1) is 0 Å². The van der Waals surface area contributed by atoms with Crippen molar-refractivity contribution >= 4 is 11.8 Å². The molecule has 2 atom stereocenters. The lowest BCUT2D eigenvalue weighted by atomic mass is 10.1. The predicted octanol–water partition coefficient (Wildman–Crippen LogP) is 3.64. The maximum absolute atomic E-state index is 5.62. The summed E-state index contributed by atoms with van der Waals surface area (Å²) >= 11 is 2.11. The quantitative estimate of drug-likeness (QED) is 0.619. The van der Waals surface area contributed by atoms with Crippen molar-refractivity contribution in [2.45, 2.75) is 63.6 Å². The standard InChI is InChI=1S/C14H26O2S/c1-5-13(15-9-1)7-3-11-17-12-4-8-14-6-2-10-16-14/h13-14H,1-12H2. The molecule has 2 aliphatic heterocycles. The first-order valence-electron chi connectivity index (χ1n) is 7.26. The Morgan fingerprint density at radius 2 is 1.35 bits per heavy atom. The second-order valence-corrected chi connectivity index (χ2v) is 6.39. The van der Waals surface area contributed by atoms with Gasteiger partial charge in [0.1, 0.15) is 0 Å². The number of hydrogen-bond donors (Lipinski definition) is 0. The van der Waals surface area contributed by atoms with Crippen LogP contribution in [0.5, 0.6) is 0 Å². The summed E-state index contributed by atoms with van der Waals surface area (Å²) in [5, 5.41) is 0. The zero-order chi connectivity index (χ0) is 11.8. The van der Waals surface area contributed by atoms with Crippen LogP contribution in [0.3, 0.4) is 0 Å². The summed E-state index contributed by atoms with van der Waals surface area (Å²) in [5.74, 6) is 2.62. The first-order chi connectivity index (χ1) is 8.45. The van der Waals surface area contributed by atoms with Gasteiger partial charge in [0.25, 0.3) is 0 Å². The van der Waals surface area contributed by atoms with Crippen molar-refractivity contribution in [2.24, 2.45) is 0 Å². The lowest BCUT2D eigenvalue weighted by molar-refractivity contribution is 0.104. The third kappa shape index (κ3) is 5.62. The average molecular weight is 258 g/mol. The van der Waals surface area contributed by atoms with Crippen LogP contribution in [-0.4, -0.2) is 36.9 Å². The molecule has 0 amide bonds. The second-order valence-electron chi connectivity index (χ2n) is 5.17. The summed E-state index contributed by atoms with van der Waals surface area (Å²) in [4.78, 5) is 0. The smallest absolute Gasteiger partial charge is 0.0576 e. The van der Waals surface area contributed by atoms with E-state index in [-0.39, 0.29) is 0 Å². The topological polar surface area (TPSA) is 18.5 Å². The fraction of sp³-hybridized carbons (Fsp3) is 1.00. The summed E-state index contributed by atoms with van der Waals surface area (Å²) < 4.78 is 11.2. The van der Waals surface area contributed by atoms with E-state index in [1.54, 1.807) is 0 Å². The fourth-order valence-electron chi connectivity index (χ4n) is 2.67. The van der Waals surface area contributed by atoms with E-state index in [0.29, 0.717) is 12.2 Å². The van der Waals surface area contributed by atoms with Gasteiger partial charge in [0.05, 0.1) is 12.2 Å². The van der Waals surface area contributed by atoms with Crippen LogP contribution in [0.4, 0.5) is 0 Å². The SMILES string of the molecule is C1COC(CCCSCCCC2CCCO2)C1. The summed E-state index contributed by atoms with van der Waals surface area (Å²) in [6, 6.07) is 0. The highest BCUT2D eigenvalue weighted by atomic mass is 32.2. The van der Waals surface area contributed by atoms with E-state index in [4.69, 9.17) is 9.47 Å². The normalized spacial score (nSPS) is 28.9. The molecule has 2 nitrogen and oxygen atoms in total. The Hall–Kier alpha value is 0.270. The lowest BCUT2D eigenvalue weighted by Gasteiger charge is -2.09. The summed E-state index contributed by atoms with van der Waals surface area (Å²) in [5.41, 5.74) is 0. The molecule has 2 unspecified atom stereocenters. The molecule has 0 aliphatic carbocycles. The van der Waals surface area contributed by atoms with Crippen LogP contribution in [0, 0.1) is 0 Å².